The first-order valence-corrected chi connectivity index (χ1v) is 7.74. The van der Waals surface area contributed by atoms with Crippen molar-refractivity contribution in [2.24, 2.45) is 0 Å². The van der Waals surface area contributed by atoms with Gasteiger partial charge in [-0.3, -0.25) is 4.98 Å². The number of para-hydroxylation sites is 1. The molecular weight excluding hydrogens is 312 g/mol. The van der Waals surface area contributed by atoms with E-state index in [1.807, 2.05) is 54.6 Å². The van der Waals surface area contributed by atoms with Gasteiger partial charge in [-0.05, 0) is 36.4 Å². The van der Waals surface area contributed by atoms with E-state index in [-0.39, 0.29) is 6.61 Å². The number of pyridine rings is 1. The van der Waals surface area contributed by atoms with Crippen LogP contribution in [0.1, 0.15) is 0 Å². The fourth-order valence-corrected chi connectivity index (χ4v) is 2.44. The standard InChI is InChI=1S/C18H17ClN2O2/c19-13-6-7-16-17(8-9-20-18(16)10-13)21-11-14(22)12-23-15-4-2-1-3-5-15/h1-10,14,22H,11-12H2,(H,20,21). The van der Waals surface area contributed by atoms with Gasteiger partial charge in [-0.1, -0.05) is 29.8 Å². The Kier molecular flexibility index (Phi) is 4.95. The highest BCUT2D eigenvalue weighted by atomic mass is 35.5. The molecule has 1 unspecified atom stereocenters. The monoisotopic (exact) mass is 328 g/mol. The summed E-state index contributed by atoms with van der Waals surface area (Å²) in [4.78, 5) is 4.29. The van der Waals surface area contributed by atoms with Crippen LogP contribution in [0, 0.1) is 0 Å². The first kappa shape index (κ1) is 15.6. The Morgan fingerprint density at radius 1 is 1.13 bits per heavy atom. The summed E-state index contributed by atoms with van der Waals surface area (Å²) in [6.45, 7) is 0.612. The van der Waals surface area contributed by atoms with Crippen LogP contribution in [0.25, 0.3) is 10.9 Å². The minimum atomic E-state index is -0.620. The number of rotatable bonds is 6. The Balaban J connectivity index is 1.60. The largest absolute Gasteiger partial charge is 0.491 e. The van der Waals surface area contributed by atoms with Gasteiger partial charge in [-0.2, -0.15) is 0 Å². The molecule has 0 aliphatic carbocycles. The van der Waals surface area contributed by atoms with Gasteiger partial charge in [0.05, 0.1) is 5.52 Å². The van der Waals surface area contributed by atoms with Gasteiger partial charge >= 0.3 is 0 Å². The van der Waals surface area contributed by atoms with Gasteiger partial charge in [0.25, 0.3) is 0 Å². The lowest BCUT2D eigenvalue weighted by atomic mass is 10.2. The number of hydrogen-bond donors (Lipinski definition) is 2. The lowest BCUT2D eigenvalue weighted by molar-refractivity contribution is 0.117. The molecule has 0 aliphatic rings. The molecule has 2 N–H and O–H groups in total. The zero-order valence-corrected chi connectivity index (χ0v) is 13.2. The summed E-state index contributed by atoms with van der Waals surface area (Å²) in [6, 6.07) is 16.9. The molecule has 118 valence electrons. The second-order valence-corrected chi connectivity index (χ2v) is 5.62. The number of nitrogens with zero attached hydrogens (tertiary/aromatic N) is 1. The van der Waals surface area contributed by atoms with E-state index in [2.05, 4.69) is 10.3 Å². The maximum Gasteiger partial charge on any atom is 0.119 e. The highest BCUT2D eigenvalue weighted by Gasteiger charge is 2.07. The van der Waals surface area contributed by atoms with Crippen LogP contribution < -0.4 is 10.1 Å². The summed E-state index contributed by atoms with van der Waals surface area (Å²) in [5.41, 5.74) is 1.72. The van der Waals surface area contributed by atoms with Crippen LogP contribution in [0.4, 0.5) is 5.69 Å². The highest BCUT2D eigenvalue weighted by molar-refractivity contribution is 6.31. The van der Waals surface area contributed by atoms with E-state index < -0.39 is 6.10 Å². The molecule has 0 bridgehead atoms. The second kappa shape index (κ2) is 7.31. The predicted molar refractivity (Wildman–Crippen MR) is 93.2 cm³/mol. The topological polar surface area (TPSA) is 54.4 Å². The predicted octanol–water partition coefficient (Wildman–Crippen LogP) is 3.74. The van der Waals surface area contributed by atoms with Crippen LogP contribution in [-0.2, 0) is 0 Å². The van der Waals surface area contributed by atoms with Crippen LogP contribution in [0.3, 0.4) is 0 Å². The zero-order chi connectivity index (χ0) is 16.1. The molecule has 0 fully saturated rings. The summed E-state index contributed by atoms with van der Waals surface area (Å²) in [6.07, 6.45) is 1.10. The Labute approximate surface area is 139 Å². The SMILES string of the molecule is OC(CNc1ccnc2cc(Cl)ccc12)COc1ccccc1. The molecule has 5 heteroatoms. The number of ether oxygens (including phenoxy) is 1. The van der Waals surface area contributed by atoms with Crippen LogP contribution in [0.2, 0.25) is 5.02 Å². The zero-order valence-electron chi connectivity index (χ0n) is 12.4. The van der Waals surface area contributed by atoms with E-state index in [0.29, 0.717) is 11.6 Å². The van der Waals surface area contributed by atoms with Crippen LogP contribution in [0.15, 0.2) is 60.8 Å². The first-order chi connectivity index (χ1) is 11.2. The van der Waals surface area contributed by atoms with Crippen LogP contribution >= 0.6 is 11.6 Å². The summed E-state index contributed by atoms with van der Waals surface area (Å²) < 4.78 is 5.54. The Morgan fingerprint density at radius 2 is 1.96 bits per heavy atom. The molecule has 0 saturated heterocycles. The van der Waals surface area contributed by atoms with Crippen molar-refractivity contribution in [3.63, 3.8) is 0 Å². The van der Waals surface area contributed by atoms with Crippen molar-refractivity contribution in [2.45, 2.75) is 6.10 Å². The molecule has 1 atom stereocenters. The molecule has 0 spiro atoms. The molecule has 3 aromatic rings. The average Bonchev–Trinajstić information content (AvgIpc) is 2.58. The molecule has 23 heavy (non-hydrogen) atoms. The summed E-state index contributed by atoms with van der Waals surface area (Å²) in [5, 5.41) is 14.9. The lowest BCUT2D eigenvalue weighted by Crippen LogP contribution is -2.26. The normalized spacial score (nSPS) is 12.1. The summed E-state index contributed by atoms with van der Waals surface area (Å²) >= 11 is 5.98. The van der Waals surface area contributed by atoms with Crippen molar-refractivity contribution in [3.8, 4) is 5.75 Å². The number of aliphatic hydroxyl groups excluding tert-OH is 1. The molecule has 4 nitrogen and oxygen atoms in total. The number of fused-ring (bicyclic) bond motifs is 1. The molecule has 0 radical (unpaired) electrons. The van der Waals surface area contributed by atoms with E-state index >= 15 is 0 Å². The quantitative estimate of drug-likeness (QED) is 0.723. The van der Waals surface area contributed by atoms with Gasteiger partial charge in [0.15, 0.2) is 0 Å². The maximum absolute atomic E-state index is 10.1. The van der Waals surface area contributed by atoms with Gasteiger partial charge in [-0.15, -0.1) is 0 Å². The third-order valence-corrected chi connectivity index (χ3v) is 3.65. The summed E-state index contributed by atoms with van der Waals surface area (Å²) in [7, 11) is 0. The molecule has 0 amide bonds. The van der Waals surface area contributed by atoms with E-state index in [4.69, 9.17) is 16.3 Å². The van der Waals surface area contributed by atoms with Crippen LogP contribution in [-0.4, -0.2) is 29.3 Å². The number of aromatic nitrogens is 1. The van der Waals surface area contributed by atoms with Gasteiger partial charge in [0.1, 0.15) is 18.5 Å². The van der Waals surface area contributed by atoms with E-state index in [1.165, 1.54) is 0 Å². The molecule has 0 aliphatic heterocycles. The molecule has 1 heterocycles. The number of anilines is 1. The van der Waals surface area contributed by atoms with Gasteiger partial charge in [-0.25, -0.2) is 0 Å². The van der Waals surface area contributed by atoms with E-state index in [1.54, 1.807) is 6.20 Å². The van der Waals surface area contributed by atoms with Crippen molar-refractivity contribution in [1.29, 1.82) is 0 Å². The van der Waals surface area contributed by atoms with Crippen molar-refractivity contribution >= 4 is 28.2 Å². The number of nitrogens with one attached hydrogen (secondary N) is 1. The number of halogens is 1. The highest BCUT2D eigenvalue weighted by Crippen LogP contribution is 2.24. The fraction of sp³-hybridized carbons (Fsp3) is 0.167. The van der Waals surface area contributed by atoms with Gasteiger partial charge in [0.2, 0.25) is 0 Å². The Hall–Kier alpha value is -2.30. The Bertz CT molecular complexity index is 780. The third kappa shape index (κ3) is 4.12. The molecular formula is C18H17ClN2O2. The van der Waals surface area contributed by atoms with Crippen molar-refractivity contribution < 1.29 is 9.84 Å². The lowest BCUT2D eigenvalue weighted by Gasteiger charge is -2.15. The Morgan fingerprint density at radius 3 is 2.78 bits per heavy atom. The smallest absolute Gasteiger partial charge is 0.119 e. The van der Waals surface area contributed by atoms with Crippen molar-refractivity contribution in [1.82, 2.24) is 4.98 Å². The second-order valence-electron chi connectivity index (χ2n) is 5.18. The van der Waals surface area contributed by atoms with Gasteiger partial charge < -0.3 is 15.2 Å². The van der Waals surface area contributed by atoms with E-state index in [0.717, 1.165) is 22.3 Å². The molecule has 2 aromatic carbocycles. The fourth-order valence-electron chi connectivity index (χ4n) is 2.27. The average molecular weight is 329 g/mol. The first-order valence-electron chi connectivity index (χ1n) is 7.36. The minimum absolute atomic E-state index is 0.228. The maximum atomic E-state index is 10.1. The number of hydrogen-bond acceptors (Lipinski definition) is 4. The summed E-state index contributed by atoms with van der Waals surface area (Å²) in [5.74, 6) is 0.746. The molecule has 1 aromatic heterocycles. The van der Waals surface area contributed by atoms with Crippen molar-refractivity contribution in [3.05, 3.63) is 65.8 Å². The van der Waals surface area contributed by atoms with Crippen LogP contribution in [0.5, 0.6) is 5.75 Å². The molecule has 3 rings (SSSR count). The minimum Gasteiger partial charge on any atom is -0.491 e. The third-order valence-electron chi connectivity index (χ3n) is 3.42. The number of aliphatic hydroxyl groups is 1. The number of benzene rings is 2. The van der Waals surface area contributed by atoms with Crippen molar-refractivity contribution in [2.75, 3.05) is 18.5 Å². The van der Waals surface area contributed by atoms with Gasteiger partial charge in [0, 0.05) is 28.8 Å². The van der Waals surface area contributed by atoms with E-state index in [9.17, 15) is 5.11 Å². The molecule has 0 saturated carbocycles.